The molecule has 1 rings (SSSR count). The van der Waals surface area contributed by atoms with Crippen molar-refractivity contribution in [3.63, 3.8) is 0 Å². The monoisotopic (exact) mass is 232 g/mol. The smallest absolute Gasteiger partial charge is 0.242 e. The van der Waals surface area contributed by atoms with Gasteiger partial charge in [0.1, 0.15) is 5.60 Å². The van der Waals surface area contributed by atoms with Crippen molar-refractivity contribution in [2.45, 2.75) is 38.7 Å². The van der Waals surface area contributed by atoms with E-state index in [1.165, 1.54) is 13.0 Å². The van der Waals surface area contributed by atoms with E-state index in [1.807, 2.05) is 6.92 Å². The molecule has 0 spiro atoms. The molecule has 0 aliphatic heterocycles. The van der Waals surface area contributed by atoms with Gasteiger partial charge >= 0.3 is 0 Å². The number of rotatable bonds is 3. The van der Waals surface area contributed by atoms with Gasteiger partial charge in [0.05, 0.1) is 11.5 Å². The zero-order chi connectivity index (χ0) is 13.1. The molecular weight excluding hydrogens is 216 g/mol. The molecule has 1 aliphatic carbocycles. The lowest BCUT2D eigenvalue weighted by atomic mass is 9.87. The fraction of sp³-hybridized carbons (Fsp3) is 0.538. The summed E-state index contributed by atoms with van der Waals surface area (Å²) in [5.74, 6) is 4.85. The summed E-state index contributed by atoms with van der Waals surface area (Å²) in [6, 6.07) is 2.11. The second-order valence-electron chi connectivity index (χ2n) is 4.44. The number of aliphatic hydroxyl groups is 1. The van der Waals surface area contributed by atoms with Gasteiger partial charge in [-0.25, -0.2) is 0 Å². The third-order valence-electron chi connectivity index (χ3n) is 3.06. The van der Waals surface area contributed by atoms with E-state index in [4.69, 9.17) is 11.0 Å². The number of nitrogens with two attached hydrogens (primary N) is 1. The van der Waals surface area contributed by atoms with Crippen LogP contribution in [0.2, 0.25) is 0 Å². The van der Waals surface area contributed by atoms with E-state index in [2.05, 4.69) is 17.9 Å². The fourth-order valence-corrected chi connectivity index (χ4v) is 1.55. The Morgan fingerprint density at radius 3 is 2.59 bits per heavy atom. The molecule has 17 heavy (non-hydrogen) atoms. The van der Waals surface area contributed by atoms with E-state index in [0.717, 1.165) is 0 Å². The molecule has 0 saturated heterocycles. The molecule has 1 aliphatic rings. The molecular formula is C13H16N2O2. The molecule has 0 aromatic heterocycles. The number of carbonyl (C=O) groups is 1. The first-order valence-corrected chi connectivity index (χ1v) is 5.54. The molecule has 1 saturated carbocycles. The predicted octanol–water partition coefficient (Wildman–Crippen LogP) is 0.866. The summed E-state index contributed by atoms with van der Waals surface area (Å²) in [5, 5.41) is 19.1. The zero-order valence-electron chi connectivity index (χ0n) is 10.1. The Morgan fingerprint density at radius 1 is 1.65 bits per heavy atom. The van der Waals surface area contributed by atoms with Crippen LogP contribution < -0.4 is 5.73 Å². The standard InChI is InChI=1S/C13H16N2O2/c1-3-10(8-11(15)16)4-5-12(2,17)13(9-14)6-7-13/h8,17H,3,6-7H2,1-2H3,(H2,15,16)/b10-8+/t12-/m1/s1. The predicted molar refractivity (Wildman–Crippen MR) is 63.2 cm³/mol. The number of nitrogens with zero attached hydrogens (tertiary/aromatic N) is 1. The Bertz CT molecular complexity index is 454. The Labute approximate surface area is 101 Å². The van der Waals surface area contributed by atoms with Crippen molar-refractivity contribution >= 4 is 5.91 Å². The van der Waals surface area contributed by atoms with Gasteiger partial charge in [-0.05, 0) is 26.2 Å². The maximum Gasteiger partial charge on any atom is 0.242 e. The van der Waals surface area contributed by atoms with Crippen LogP contribution in [0.25, 0.3) is 0 Å². The number of allylic oxidation sites excluding steroid dienone is 1. The first-order chi connectivity index (χ1) is 7.87. The second kappa shape index (κ2) is 4.61. The van der Waals surface area contributed by atoms with Gasteiger partial charge in [-0.1, -0.05) is 18.8 Å². The molecule has 3 N–H and O–H groups in total. The summed E-state index contributed by atoms with van der Waals surface area (Å²) in [6.07, 6.45) is 3.12. The maximum absolute atomic E-state index is 10.7. The second-order valence-corrected chi connectivity index (χ2v) is 4.44. The van der Waals surface area contributed by atoms with Gasteiger partial charge in [-0.2, -0.15) is 5.26 Å². The minimum Gasteiger partial charge on any atom is -0.376 e. The van der Waals surface area contributed by atoms with Gasteiger partial charge in [0.25, 0.3) is 0 Å². The van der Waals surface area contributed by atoms with Crippen LogP contribution in [0.5, 0.6) is 0 Å². The Balaban J connectivity index is 2.92. The fourth-order valence-electron chi connectivity index (χ4n) is 1.55. The summed E-state index contributed by atoms with van der Waals surface area (Å²) < 4.78 is 0. The summed E-state index contributed by atoms with van der Waals surface area (Å²) in [7, 11) is 0. The molecule has 0 radical (unpaired) electrons. The molecule has 1 amide bonds. The molecule has 1 atom stereocenters. The number of hydrogen-bond donors (Lipinski definition) is 2. The van der Waals surface area contributed by atoms with Crippen LogP contribution in [0.1, 0.15) is 33.1 Å². The Kier molecular flexibility index (Phi) is 3.60. The van der Waals surface area contributed by atoms with Crippen LogP contribution in [-0.4, -0.2) is 16.6 Å². The van der Waals surface area contributed by atoms with E-state index >= 15 is 0 Å². The van der Waals surface area contributed by atoms with Crippen LogP contribution >= 0.6 is 0 Å². The molecule has 4 nitrogen and oxygen atoms in total. The third-order valence-corrected chi connectivity index (χ3v) is 3.06. The van der Waals surface area contributed by atoms with Gasteiger partial charge in [-0.3, -0.25) is 4.79 Å². The van der Waals surface area contributed by atoms with Crippen LogP contribution in [0.4, 0.5) is 0 Å². The summed E-state index contributed by atoms with van der Waals surface area (Å²) >= 11 is 0. The largest absolute Gasteiger partial charge is 0.376 e. The number of amides is 1. The Hall–Kier alpha value is -1.78. The minimum atomic E-state index is -1.34. The first-order valence-electron chi connectivity index (χ1n) is 5.54. The van der Waals surface area contributed by atoms with E-state index in [0.29, 0.717) is 24.8 Å². The molecule has 0 heterocycles. The van der Waals surface area contributed by atoms with Gasteiger partial charge < -0.3 is 10.8 Å². The van der Waals surface area contributed by atoms with E-state index in [-0.39, 0.29) is 0 Å². The highest BCUT2D eigenvalue weighted by molar-refractivity contribution is 5.87. The van der Waals surface area contributed by atoms with Crippen molar-refractivity contribution in [2.75, 3.05) is 0 Å². The maximum atomic E-state index is 10.7. The molecule has 90 valence electrons. The summed E-state index contributed by atoms with van der Waals surface area (Å²) in [4.78, 5) is 10.7. The highest BCUT2D eigenvalue weighted by Crippen LogP contribution is 2.53. The van der Waals surface area contributed by atoms with Gasteiger partial charge in [-0.15, -0.1) is 0 Å². The molecule has 0 unspecified atom stereocenters. The quantitative estimate of drug-likeness (QED) is 0.559. The Morgan fingerprint density at radius 2 is 2.24 bits per heavy atom. The molecule has 0 aromatic rings. The van der Waals surface area contributed by atoms with Gasteiger partial charge in [0.15, 0.2) is 0 Å². The average Bonchev–Trinajstić information content (AvgIpc) is 3.04. The lowest BCUT2D eigenvalue weighted by Gasteiger charge is -2.21. The normalized spacial score (nSPS) is 20.5. The van der Waals surface area contributed by atoms with Crippen molar-refractivity contribution in [3.05, 3.63) is 11.6 Å². The zero-order valence-corrected chi connectivity index (χ0v) is 10.1. The number of nitriles is 1. The first kappa shape index (κ1) is 13.3. The van der Waals surface area contributed by atoms with Crippen molar-refractivity contribution < 1.29 is 9.90 Å². The molecule has 0 bridgehead atoms. The highest BCUT2D eigenvalue weighted by atomic mass is 16.3. The lowest BCUT2D eigenvalue weighted by Crippen LogP contribution is -2.33. The lowest BCUT2D eigenvalue weighted by molar-refractivity contribution is -0.113. The van der Waals surface area contributed by atoms with E-state index in [1.54, 1.807) is 0 Å². The van der Waals surface area contributed by atoms with E-state index in [9.17, 15) is 9.90 Å². The van der Waals surface area contributed by atoms with E-state index < -0.39 is 16.9 Å². The summed E-state index contributed by atoms with van der Waals surface area (Å²) in [6.45, 7) is 3.38. The van der Waals surface area contributed by atoms with Crippen molar-refractivity contribution in [2.24, 2.45) is 11.1 Å². The number of hydrogen-bond acceptors (Lipinski definition) is 3. The SMILES string of the molecule is CC/C(C#C[C@@](C)(O)C1(C#N)CC1)=C\C(N)=O. The molecule has 1 fully saturated rings. The average molecular weight is 232 g/mol. The minimum absolute atomic E-state index is 0.558. The number of carbonyl (C=O) groups excluding carboxylic acids is 1. The van der Waals surface area contributed by atoms with Crippen LogP contribution in [0.3, 0.4) is 0 Å². The van der Waals surface area contributed by atoms with Crippen LogP contribution in [-0.2, 0) is 4.79 Å². The summed E-state index contributed by atoms with van der Waals surface area (Å²) in [5.41, 5.74) is 3.51. The molecule has 0 aromatic carbocycles. The number of primary amides is 1. The van der Waals surface area contributed by atoms with Gasteiger partial charge in [0, 0.05) is 11.6 Å². The third kappa shape index (κ3) is 2.87. The van der Waals surface area contributed by atoms with Crippen LogP contribution in [0, 0.1) is 28.6 Å². The van der Waals surface area contributed by atoms with Crippen molar-refractivity contribution in [1.82, 2.24) is 0 Å². The van der Waals surface area contributed by atoms with Crippen molar-refractivity contribution in [3.8, 4) is 17.9 Å². The molecule has 4 heteroatoms. The topological polar surface area (TPSA) is 87.1 Å². The highest BCUT2D eigenvalue weighted by Gasteiger charge is 2.56. The van der Waals surface area contributed by atoms with Gasteiger partial charge in [0.2, 0.25) is 5.91 Å². The van der Waals surface area contributed by atoms with Crippen LogP contribution in [0.15, 0.2) is 11.6 Å². The van der Waals surface area contributed by atoms with Crippen molar-refractivity contribution in [1.29, 1.82) is 5.26 Å².